The highest BCUT2D eigenvalue weighted by Gasteiger charge is 2.35. The lowest BCUT2D eigenvalue weighted by Crippen LogP contribution is -2.42. The van der Waals surface area contributed by atoms with E-state index in [-0.39, 0.29) is 30.2 Å². The van der Waals surface area contributed by atoms with Crippen LogP contribution in [0.15, 0.2) is 100 Å². The third kappa shape index (κ3) is 5.86. The minimum atomic E-state index is -0.795. The predicted molar refractivity (Wildman–Crippen MR) is 183 cm³/mol. The fourth-order valence-corrected chi connectivity index (χ4v) is 7.25. The summed E-state index contributed by atoms with van der Waals surface area (Å²) in [6.07, 6.45) is 3.77. The number of nitrogens with zero attached hydrogens (tertiary/aromatic N) is 4. The van der Waals surface area contributed by atoms with Crippen LogP contribution < -0.4 is 19.6 Å². The van der Waals surface area contributed by atoms with Crippen LogP contribution in [0.2, 0.25) is 0 Å². The lowest BCUT2D eigenvalue weighted by atomic mass is 9.93. The number of thiazole rings is 1. The van der Waals surface area contributed by atoms with E-state index in [0.29, 0.717) is 52.6 Å². The monoisotopic (exact) mass is 662 g/mol. The second-order valence-corrected chi connectivity index (χ2v) is 12.4. The molecule has 7 rings (SSSR count). The highest BCUT2D eigenvalue weighted by atomic mass is 32.1. The van der Waals surface area contributed by atoms with Crippen LogP contribution in [0, 0.1) is 0 Å². The molecule has 10 nitrogen and oxygen atoms in total. The average molecular weight is 663 g/mol. The smallest absolute Gasteiger partial charge is 0.338 e. The fraction of sp³-hybridized carbons (Fsp3) is 0.243. The van der Waals surface area contributed by atoms with Crippen molar-refractivity contribution < 1.29 is 23.8 Å². The molecule has 0 aliphatic carbocycles. The molecule has 1 fully saturated rings. The number of rotatable bonds is 8. The van der Waals surface area contributed by atoms with Gasteiger partial charge < -0.3 is 23.7 Å². The summed E-state index contributed by atoms with van der Waals surface area (Å²) < 4.78 is 20.3. The van der Waals surface area contributed by atoms with E-state index < -0.39 is 12.0 Å². The Hall–Kier alpha value is -5.26. The van der Waals surface area contributed by atoms with E-state index in [2.05, 4.69) is 0 Å². The second-order valence-electron chi connectivity index (χ2n) is 11.4. The maximum Gasteiger partial charge on any atom is 0.338 e. The molecule has 11 heteroatoms. The van der Waals surface area contributed by atoms with Gasteiger partial charge in [-0.3, -0.25) is 14.2 Å². The molecule has 4 heterocycles. The van der Waals surface area contributed by atoms with Gasteiger partial charge in [-0.05, 0) is 36.8 Å². The molecular weight excluding hydrogens is 628 g/mol. The van der Waals surface area contributed by atoms with Gasteiger partial charge in [0.05, 0.1) is 48.8 Å². The first-order valence-electron chi connectivity index (χ1n) is 15.8. The Morgan fingerprint density at radius 2 is 1.73 bits per heavy atom. The Kier molecular flexibility index (Phi) is 8.79. The summed E-state index contributed by atoms with van der Waals surface area (Å²) in [7, 11) is 1.59. The molecule has 2 aliphatic heterocycles. The molecule has 244 valence electrons. The molecule has 0 unspecified atom stereocenters. The predicted octanol–water partition coefficient (Wildman–Crippen LogP) is 3.76. The average Bonchev–Trinajstić information content (AvgIpc) is 3.64. The van der Waals surface area contributed by atoms with Crippen molar-refractivity contribution in [2.24, 2.45) is 4.99 Å². The van der Waals surface area contributed by atoms with Gasteiger partial charge >= 0.3 is 5.97 Å². The summed E-state index contributed by atoms with van der Waals surface area (Å²) in [5.41, 5.74) is 3.61. The van der Waals surface area contributed by atoms with E-state index in [1.165, 1.54) is 11.3 Å². The van der Waals surface area contributed by atoms with Crippen molar-refractivity contribution in [2.45, 2.75) is 19.5 Å². The largest absolute Gasteiger partial charge is 0.497 e. The van der Waals surface area contributed by atoms with Crippen molar-refractivity contribution in [2.75, 3.05) is 40.0 Å². The van der Waals surface area contributed by atoms with Crippen LogP contribution >= 0.6 is 11.3 Å². The normalized spacial score (nSPS) is 16.5. The van der Waals surface area contributed by atoms with Gasteiger partial charge in [-0.2, -0.15) is 0 Å². The van der Waals surface area contributed by atoms with Gasteiger partial charge in [0, 0.05) is 41.3 Å². The van der Waals surface area contributed by atoms with Crippen LogP contribution in [0.3, 0.4) is 0 Å². The zero-order valence-corrected chi connectivity index (χ0v) is 27.4. The van der Waals surface area contributed by atoms with Gasteiger partial charge in [0.15, 0.2) is 4.80 Å². The van der Waals surface area contributed by atoms with Crippen LogP contribution in [0.5, 0.6) is 5.75 Å². The molecule has 0 radical (unpaired) electrons. The van der Waals surface area contributed by atoms with E-state index in [4.69, 9.17) is 19.2 Å². The summed E-state index contributed by atoms with van der Waals surface area (Å²) in [5.74, 6) is 0.132. The Morgan fingerprint density at radius 3 is 2.46 bits per heavy atom. The number of carbonyl (C=O) groups is 2. The highest BCUT2D eigenvalue weighted by Crippen LogP contribution is 2.35. The third-order valence-corrected chi connectivity index (χ3v) is 9.56. The van der Waals surface area contributed by atoms with Crippen molar-refractivity contribution in [1.82, 2.24) is 14.0 Å². The number of ether oxygens (including phenoxy) is 3. The van der Waals surface area contributed by atoms with Crippen LogP contribution in [0.25, 0.3) is 22.7 Å². The number of fused-ring (bicyclic) bond motifs is 2. The van der Waals surface area contributed by atoms with Gasteiger partial charge in [0.2, 0.25) is 5.91 Å². The van der Waals surface area contributed by atoms with Gasteiger partial charge in [0.1, 0.15) is 12.3 Å². The minimum absolute atomic E-state index is 0.0180. The molecule has 48 heavy (non-hydrogen) atoms. The summed E-state index contributed by atoms with van der Waals surface area (Å²) >= 11 is 1.26. The number of methoxy groups -OCH3 is 1. The summed E-state index contributed by atoms with van der Waals surface area (Å²) in [6, 6.07) is 23.8. The topological polar surface area (TPSA) is 104 Å². The highest BCUT2D eigenvalue weighted by molar-refractivity contribution is 7.07. The molecule has 1 atom stereocenters. The van der Waals surface area contributed by atoms with Crippen molar-refractivity contribution in [3.05, 3.63) is 127 Å². The molecule has 2 aromatic heterocycles. The maximum atomic E-state index is 14.4. The van der Waals surface area contributed by atoms with E-state index >= 15 is 0 Å². The van der Waals surface area contributed by atoms with Crippen molar-refractivity contribution >= 4 is 45.9 Å². The quantitative estimate of drug-likeness (QED) is 0.235. The summed E-state index contributed by atoms with van der Waals surface area (Å²) in [4.78, 5) is 48.6. The molecular formula is C37H34N4O6S. The van der Waals surface area contributed by atoms with Crippen LogP contribution in [0.1, 0.15) is 29.7 Å². The molecule has 0 bridgehead atoms. The van der Waals surface area contributed by atoms with Crippen LogP contribution in [-0.2, 0) is 25.6 Å². The molecule has 1 saturated heterocycles. The number of esters is 1. The van der Waals surface area contributed by atoms with Crippen molar-refractivity contribution in [3.8, 4) is 5.75 Å². The van der Waals surface area contributed by atoms with E-state index in [1.54, 1.807) is 18.6 Å². The third-order valence-electron chi connectivity index (χ3n) is 8.58. The minimum Gasteiger partial charge on any atom is -0.497 e. The van der Waals surface area contributed by atoms with Crippen molar-refractivity contribution in [3.63, 3.8) is 0 Å². The van der Waals surface area contributed by atoms with Gasteiger partial charge in [-0.15, -0.1) is 0 Å². The number of carbonyl (C=O) groups excluding carboxylic acids is 2. The second kappa shape index (κ2) is 13.5. The fourth-order valence-electron chi connectivity index (χ4n) is 6.26. The van der Waals surface area contributed by atoms with Gasteiger partial charge in [-0.1, -0.05) is 72.0 Å². The van der Waals surface area contributed by atoms with Crippen LogP contribution in [-0.4, -0.2) is 65.9 Å². The molecule has 0 saturated carbocycles. The van der Waals surface area contributed by atoms with Crippen LogP contribution in [0.4, 0.5) is 0 Å². The Labute approximate surface area is 280 Å². The molecule has 2 aliphatic rings. The van der Waals surface area contributed by atoms with E-state index in [9.17, 15) is 14.4 Å². The molecule has 1 amide bonds. The number of amides is 1. The zero-order chi connectivity index (χ0) is 33.2. The number of morpholine rings is 1. The Balaban J connectivity index is 1.40. The zero-order valence-electron chi connectivity index (χ0n) is 26.6. The first kappa shape index (κ1) is 31.3. The summed E-state index contributed by atoms with van der Waals surface area (Å²) in [6.45, 7) is 4.30. The van der Waals surface area contributed by atoms with Gasteiger partial charge in [-0.25, -0.2) is 9.79 Å². The van der Waals surface area contributed by atoms with E-state index in [1.807, 2.05) is 101 Å². The SMILES string of the molecule is CCOC(=O)C1=C(c2ccccc2)N=c2s/c(=C/c3cn(CC(=O)N4CCOCC4)c4ccccc34)c(=O)n2[C@H]1c1ccc(OC)cc1. The number of hydrogen-bond donors (Lipinski definition) is 0. The molecule has 5 aromatic rings. The first-order chi connectivity index (χ1) is 23.5. The number of para-hydroxylation sites is 1. The number of benzene rings is 3. The maximum absolute atomic E-state index is 14.4. The number of aromatic nitrogens is 2. The summed E-state index contributed by atoms with van der Waals surface area (Å²) in [5, 5.41) is 0.919. The Bertz CT molecular complexity index is 2210. The van der Waals surface area contributed by atoms with E-state index in [0.717, 1.165) is 22.0 Å². The van der Waals surface area contributed by atoms with Gasteiger partial charge in [0.25, 0.3) is 5.56 Å². The Morgan fingerprint density at radius 1 is 1.00 bits per heavy atom. The lowest BCUT2D eigenvalue weighted by Gasteiger charge is -2.27. The molecule has 0 N–H and O–H groups in total. The standard InChI is InChI=1S/C37H34N4O6S/c1-3-47-36(44)32-33(24-9-5-4-6-10-24)38-37-41(34(32)25-13-15-27(45-2)16-14-25)35(43)30(48-37)21-26-22-40(29-12-8-7-11-28(26)29)23-31(42)39-17-19-46-20-18-39/h4-16,21-22,34H,3,17-20,23H2,1-2H3/b30-21+/t34-/m0/s1. The molecule has 3 aromatic carbocycles. The first-order valence-corrected chi connectivity index (χ1v) is 16.6. The van der Waals surface area contributed by atoms with Crippen molar-refractivity contribution in [1.29, 1.82) is 0 Å². The number of hydrogen-bond acceptors (Lipinski definition) is 8. The molecule has 0 spiro atoms. The lowest BCUT2D eigenvalue weighted by molar-refractivity contribution is -0.139.